The molecule has 2 heterocycles. The molecule has 0 bridgehead atoms. The molecule has 122 valence electrons. The van der Waals surface area contributed by atoms with E-state index < -0.39 is 17.7 Å². The van der Waals surface area contributed by atoms with Gasteiger partial charge in [-0.15, -0.1) is 5.10 Å². The van der Waals surface area contributed by atoms with Gasteiger partial charge >= 0.3 is 0 Å². The summed E-state index contributed by atoms with van der Waals surface area (Å²) in [6.45, 7) is 0. The molecule has 2 aromatic heterocycles. The second kappa shape index (κ2) is 6.31. The highest BCUT2D eigenvalue weighted by Crippen LogP contribution is 2.42. The fourth-order valence-electron chi connectivity index (χ4n) is 2.61. The van der Waals surface area contributed by atoms with E-state index in [-0.39, 0.29) is 18.7 Å². The number of nitrogens with zero attached hydrogens (tertiary/aromatic N) is 4. The van der Waals surface area contributed by atoms with Crippen LogP contribution in [-0.4, -0.2) is 31.6 Å². The molecule has 0 spiro atoms. The van der Waals surface area contributed by atoms with Gasteiger partial charge in [0.2, 0.25) is 5.91 Å². The molecule has 1 saturated carbocycles. The smallest absolute Gasteiger partial charge is 0.251 e. The Balaban J connectivity index is 1.68. The number of hydrogen-bond donors (Lipinski definition) is 1. The Morgan fingerprint density at radius 3 is 2.83 bits per heavy atom. The molecule has 0 saturated heterocycles. The molecule has 1 N–H and O–H groups in total. The van der Waals surface area contributed by atoms with Crippen LogP contribution in [0, 0.1) is 5.92 Å². The lowest BCUT2D eigenvalue weighted by atomic mass is 10.0. The molecule has 0 radical (unpaired) electrons. The minimum Gasteiger partial charge on any atom is -0.308 e. The summed E-state index contributed by atoms with van der Waals surface area (Å²) in [6.07, 6.45) is 5.19. The predicted octanol–water partition coefficient (Wildman–Crippen LogP) is 3.19. The van der Waals surface area contributed by atoms with Crippen molar-refractivity contribution in [2.24, 2.45) is 5.92 Å². The van der Waals surface area contributed by atoms with Crippen LogP contribution in [0.3, 0.4) is 0 Å². The maximum Gasteiger partial charge on any atom is 0.251 e. The molecule has 9 heteroatoms. The highest BCUT2D eigenvalue weighted by Gasteiger charge is 2.44. The van der Waals surface area contributed by atoms with E-state index in [0.717, 1.165) is 0 Å². The minimum atomic E-state index is -2.76. The Bertz CT molecular complexity index is 706. The zero-order valence-corrected chi connectivity index (χ0v) is 13.6. The first kappa shape index (κ1) is 16.0. The van der Waals surface area contributed by atoms with Gasteiger partial charge in [0.1, 0.15) is 0 Å². The molecule has 2 aromatic rings. The summed E-state index contributed by atoms with van der Waals surface area (Å²) in [5.74, 6) is -3.54. The average molecular weight is 386 g/mol. The SMILES string of the molecule is O=C(CC1CCCC1(F)F)Nc1nn(-c2ncccn2)cc1Br. The second-order valence-corrected chi connectivity index (χ2v) is 6.28. The molecule has 3 rings (SSSR count). The Morgan fingerprint density at radius 2 is 2.17 bits per heavy atom. The lowest BCUT2D eigenvalue weighted by Gasteiger charge is -2.17. The van der Waals surface area contributed by atoms with Gasteiger partial charge in [-0.3, -0.25) is 4.79 Å². The number of anilines is 1. The number of nitrogens with one attached hydrogen (secondary N) is 1. The highest BCUT2D eigenvalue weighted by molar-refractivity contribution is 9.10. The number of amides is 1. The van der Waals surface area contributed by atoms with E-state index in [2.05, 4.69) is 36.3 Å². The molecule has 6 nitrogen and oxygen atoms in total. The van der Waals surface area contributed by atoms with Crippen LogP contribution >= 0.6 is 15.9 Å². The van der Waals surface area contributed by atoms with E-state index in [1.54, 1.807) is 24.7 Å². The molecule has 1 fully saturated rings. The Labute approximate surface area is 139 Å². The zero-order valence-electron chi connectivity index (χ0n) is 12.0. The molecule has 1 atom stereocenters. The third kappa shape index (κ3) is 3.54. The van der Waals surface area contributed by atoms with Gasteiger partial charge in [-0.2, -0.15) is 0 Å². The third-order valence-corrected chi connectivity index (χ3v) is 4.36. The Kier molecular flexibility index (Phi) is 4.38. The van der Waals surface area contributed by atoms with Crippen LogP contribution in [0.25, 0.3) is 5.95 Å². The topological polar surface area (TPSA) is 72.7 Å². The van der Waals surface area contributed by atoms with Crippen molar-refractivity contribution in [1.29, 1.82) is 0 Å². The monoisotopic (exact) mass is 385 g/mol. The van der Waals surface area contributed by atoms with Crippen molar-refractivity contribution in [2.45, 2.75) is 31.6 Å². The number of rotatable bonds is 4. The minimum absolute atomic E-state index is 0.144. The maximum atomic E-state index is 13.6. The molecular weight excluding hydrogens is 372 g/mol. The lowest BCUT2D eigenvalue weighted by Crippen LogP contribution is -2.27. The summed E-state index contributed by atoms with van der Waals surface area (Å²) < 4.78 is 29.1. The average Bonchev–Trinajstić information content (AvgIpc) is 3.03. The summed E-state index contributed by atoms with van der Waals surface area (Å²) in [7, 11) is 0. The third-order valence-electron chi connectivity index (χ3n) is 3.78. The second-order valence-electron chi connectivity index (χ2n) is 5.42. The van der Waals surface area contributed by atoms with Crippen molar-refractivity contribution in [2.75, 3.05) is 5.32 Å². The number of alkyl halides is 2. The van der Waals surface area contributed by atoms with Crippen LogP contribution in [0.5, 0.6) is 0 Å². The first-order valence-electron chi connectivity index (χ1n) is 7.16. The molecule has 23 heavy (non-hydrogen) atoms. The van der Waals surface area contributed by atoms with Gasteiger partial charge in [-0.05, 0) is 34.8 Å². The van der Waals surface area contributed by atoms with E-state index in [0.29, 0.717) is 23.3 Å². The van der Waals surface area contributed by atoms with Crippen molar-refractivity contribution >= 4 is 27.7 Å². The van der Waals surface area contributed by atoms with Gasteiger partial charge < -0.3 is 5.32 Å². The molecule has 1 aliphatic carbocycles. The van der Waals surface area contributed by atoms with Crippen LogP contribution in [0.2, 0.25) is 0 Å². The molecule has 1 aliphatic rings. The van der Waals surface area contributed by atoms with Crippen LogP contribution in [0.15, 0.2) is 29.1 Å². The standard InChI is InChI=1S/C14H14BrF2N5O/c15-10-8-22(13-18-5-2-6-19-13)21-12(10)20-11(23)7-9-3-1-4-14(9,16)17/h2,5-6,8-9H,1,3-4,7H2,(H,20,21,23). The summed E-state index contributed by atoms with van der Waals surface area (Å²) in [4.78, 5) is 20.1. The summed E-state index contributed by atoms with van der Waals surface area (Å²) in [5.41, 5.74) is 0. The maximum absolute atomic E-state index is 13.6. The van der Waals surface area contributed by atoms with Crippen molar-refractivity contribution < 1.29 is 13.6 Å². The van der Waals surface area contributed by atoms with E-state index in [1.165, 1.54) is 4.68 Å². The molecular formula is C14H14BrF2N5O. The fraction of sp³-hybridized carbons (Fsp3) is 0.429. The number of carbonyl (C=O) groups is 1. The Hall–Kier alpha value is -1.90. The van der Waals surface area contributed by atoms with E-state index in [4.69, 9.17) is 0 Å². The van der Waals surface area contributed by atoms with E-state index in [1.807, 2.05) is 0 Å². The van der Waals surface area contributed by atoms with Gasteiger partial charge in [0, 0.05) is 31.2 Å². The number of hydrogen-bond acceptors (Lipinski definition) is 4. The van der Waals surface area contributed by atoms with Gasteiger partial charge in [0.25, 0.3) is 11.9 Å². The highest BCUT2D eigenvalue weighted by atomic mass is 79.9. The molecule has 0 aliphatic heterocycles. The summed E-state index contributed by atoms with van der Waals surface area (Å²) >= 11 is 3.28. The normalized spacial score (nSPS) is 19.7. The lowest BCUT2D eigenvalue weighted by molar-refractivity contribution is -0.120. The summed E-state index contributed by atoms with van der Waals surface area (Å²) in [5, 5.41) is 6.71. The molecule has 0 aromatic carbocycles. The van der Waals surface area contributed by atoms with Crippen molar-refractivity contribution in [3.05, 3.63) is 29.1 Å². The van der Waals surface area contributed by atoms with Crippen molar-refractivity contribution in [3.8, 4) is 5.95 Å². The van der Waals surface area contributed by atoms with E-state index in [9.17, 15) is 13.6 Å². The first-order chi connectivity index (χ1) is 11.0. The van der Waals surface area contributed by atoms with Crippen LogP contribution < -0.4 is 5.32 Å². The van der Waals surface area contributed by atoms with Gasteiger partial charge in [-0.1, -0.05) is 0 Å². The quantitative estimate of drug-likeness (QED) is 0.876. The van der Waals surface area contributed by atoms with Gasteiger partial charge in [0.15, 0.2) is 5.82 Å². The Morgan fingerprint density at radius 1 is 1.43 bits per heavy atom. The molecule has 1 unspecified atom stereocenters. The first-order valence-corrected chi connectivity index (χ1v) is 7.95. The van der Waals surface area contributed by atoms with E-state index >= 15 is 0 Å². The van der Waals surface area contributed by atoms with Gasteiger partial charge in [-0.25, -0.2) is 23.4 Å². The number of halogens is 3. The van der Waals surface area contributed by atoms with Gasteiger partial charge in [0.05, 0.1) is 10.7 Å². The summed E-state index contributed by atoms with van der Waals surface area (Å²) in [6, 6.07) is 1.67. The van der Waals surface area contributed by atoms with Crippen LogP contribution in [0.1, 0.15) is 25.7 Å². The van der Waals surface area contributed by atoms with Crippen molar-refractivity contribution in [3.63, 3.8) is 0 Å². The molecule has 1 amide bonds. The zero-order chi connectivity index (χ0) is 16.4. The largest absolute Gasteiger partial charge is 0.308 e. The van der Waals surface area contributed by atoms with Crippen LogP contribution in [0.4, 0.5) is 14.6 Å². The van der Waals surface area contributed by atoms with Crippen LogP contribution in [-0.2, 0) is 4.79 Å². The number of carbonyl (C=O) groups excluding carboxylic acids is 1. The van der Waals surface area contributed by atoms with Crippen molar-refractivity contribution in [1.82, 2.24) is 19.7 Å². The fourth-order valence-corrected chi connectivity index (χ4v) is 2.98. The number of aromatic nitrogens is 4. The predicted molar refractivity (Wildman–Crippen MR) is 82.4 cm³/mol.